The molecule has 0 spiro atoms. The summed E-state index contributed by atoms with van der Waals surface area (Å²) in [5.74, 6) is 0. The Morgan fingerprint density at radius 1 is 1.62 bits per heavy atom. The number of alkyl carbamates (subject to hydrolysis) is 1. The van der Waals surface area contributed by atoms with E-state index in [0.717, 1.165) is 0 Å². The summed E-state index contributed by atoms with van der Waals surface area (Å²) < 4.78 is 4.89. The molecule has 0 aliphatic carbocycles. The maximum atomic E-state index is 11.1. The third kappa shape index (κ3) is 7.13. The Bertz CT molecular complexity index is 213. The molecule has 0 radical (unpaired) electrons. The molecule has 0 aromatic heterocycles. The number of nitriles is 1. The van der Waals surface area contributed by atoms with Crippen molar-refractivity contribution >= 4 is 6.09 Å². The van der Waals surface area contributed by atoms with E-state index in [1.165, 1.54) is 0 Å². The van der Waals surface area contributed by atoms with Crippen LogP contribution in [0.4, 0.5) is 4.79 Å². The first-order chi connectivity index (χ1) is 5.85. The van der Waals surface area contributed by atoms with Gasteiger partial charge in [0.05, 0.1) is 12.5 Å². The van der Waals surface area contributed by atoms with Gasteiger partial charge in [-0.15, -0.1) is 0 Å². The van der Waals surface area contributed by atoms with Crippen LogP contribution in [0.5, 0.6) is 0 Å². The SMILES string of the molecule is C[C@H](CC#N)OC(=O)NC(C)(C)C. The summed E-state index contributed by atoms with van der Waals surface area (Å²) in [7, 11) is 0. The highest BCUT2D eigenvalue weighted by atomic mass is 16.6. The molecule has 0 rings (SSSR count). The Morgan fingerprint density at radius 3 is 2.54 bits per heavy atom. The molecule has 13 heavy (non-hydrogen) atoms. The zero-order valence-electron chi connectivity index (χ0n) is 8.55. The van der Waals surface area contributed by atoms with Crippen molar-refractivity contribution in [2.75, 3.05) is 0 Å². The maximum Gasteiger partial charge on any atom is 0.407 e. The number of amides is 1. The Balaban J connectivity index is 3.83. The minimum atomic E-state index is -0.477. The van der Waals surface area contributed by atoms with Gasteiger partial charge in [-0.2, -0.15) is 5.26 Å². The molecule has 74 valence electrons. The largest absolute Gasteiger partial charge is 0.445 e. The van der Waals surface area contributed by atoms with Crippen molar-refractivity contribution in [1.29, 1.82) is 5.26 Å². The molecule has 0 bridgehead atoms. The average molecular weight is 184 g/mol. The number of hydrogen-bond acceptors (Lipinski definition) is 3. The minimum Gasteiger partial charge on any atom is -0.445 e. The van der Waals surface area contributed by atoms with E-state index in [2.05, 4.69) is 5.32 Å². The van der Waals surface area contributed by atoms with Crippen molar-refractivity contribution in [1.82, 2.24) is 5.32 Å². The van der Waals surface area contributed by atoms with Gasteiger partial charge < -0.3 is 10.1 Å². The van der Waals surface area contributed by atoms with Crippen molar-refractivity contribution in [3.63, 3.8) is 0 Å². The first kappa shape index (κ1) is 11.8. The van der Waals surface area contributed by atoms with Gasteiger partial charge in [0.1, 0.15) is 6.10 Å². The molecule has 0 fully saturated rings. The third-order valence-electron chi connectivity index (χ3n) is 1.16. The van der Waals surface area contributed by atoms with Crippen LogP contribution in [0.2, 0.25) is 0 Å². The van der Waals surface area contributed by atoms with E-state index in [-0.39, 0.29) is 18.1 Å². The van der Waals surface area contributed by atoms with Gasteiger partial charge in [0.15, 0.2) is 0 Å². The highest BCUT2D eigenvalue weighted by Crippen LogP contribution is 2.02. The number of ether oxygens (including phenoxy) is 1. The lowest BCUT2D eigenvalue weighted by molar-refractivity contribution is 0.102. The van der Waals surface area contributed by atoms with Crippen LogP contribution in [0.25, 0.3) is 0 Å². The topological polar surface area (TPSA) is 62.1 Å². The molecule has 0 aliphatic rings. The number of carbonyl (C=O) groups is 1. The Hall–Kier alpha value is -1.24. The molecule has 0 heterocycles. The van der Waals surface area contributed by atoms with Gasteiger partial charge in [-0.1, -0.05) is 0 Å². The van der Waals surface area contributed by atoms with E-state index in [1.54, 1.807) is 6.92 Å². The second-order valence-electron chi connectivity index (χ2n) is 3.95. The molecular formula is C9H16N2O2. The normalized spacial score (nSPS) is 12.8. The van der Waals surface area contributed by atoms with Crippen LogP contribution in [0.15, 0.2) is 0 Å². The van der Waals surface area contributed by atoms with Crippen LogP contribution in [-0.4, -0.2) is 17.7 Å². The van der Waals surface area contributed by atoms with Crippen LogP contribution < -0.4 is 5.32 Å². The fourth-order valence-corrected chi connectivity index (χ4v) is 0.689. The van der Waals surface area contributed by atoms with Crippen LogP contribution in [0, 0.1) is 11.3 Å². The monoisotopic (exact) mass is 184 g/mol. The first-order valence-corrected chi connectivity index (χ1v) is 4.21. The van der Waals surface area contributed by atoms with Crippen molar-refractivity contribution in [3.8, 4) is 6.07 Å². The fraction of sp³-hybridized carbons (Fsp3) is 0.778. The molecule has 1 N–H and O–H groups in total. The van der Waals surface area contributed by atoms with E-state index in [1.807, 2.05) is 26.8 Å². The van der Waals surface area contributed by atoms with E-state index in [9.17, 15) is 4.79 Å². The highest BCUT2D eigenvalue weighted by Gasteiger charge is 2.16. The second-order valence-corrected chi connectivity index (χ2v) is 3.95. The summed E-state index contributed by atoms with van der Waals surface area (Å²) >= 11 is 0. The Morgan fingerprint density at radius 2 is 2.15 bits per heavy atom. The number of hydrogen-bond donors (Lipinski definition) is 1. The molecular weight excluding hydrogens is 168 g/mol. The summed E-state index contributed by atoms with van der Waals surface area (Å²) in [4.78, 5) is 11.1. The fourth-order valence-electron chi connectivity index (χ4n) is 0.689. The number of nitrogens with one attached hydrogen (secondary N) is 1. The van der Waals surface area contributed by atoms with Gasteiger partial charge in [-0.25, -0.2) is 4.79 Å². The smallest absolute Gasteiger partial charge is 0.407 e. The second kappa shape index (κ2) is 4.70. The quantitative estimate of drug-likeness (QED) is 0.712. The Labute approximate surface area is 78.9 Å². The van der Waals surface area contributed by atoms with Gasteiger partial charge in [-0.3, -0.25) is 0 Å². The number of nitrogens with zero attached hydrogens (tertiary/aromatic N) is 1. The zero-order chi connectivity index (χ0) is 10.5. The van der Waals surface area contributed by atoms with Crippen molar-refractivity contribution < 1.29 is 9.53 Å². The molecule has 4 nitrogen and oxygen atoms in total. The van der Waals surface area contributed by atoms with Gasteiger partial charge in [0, 0.05) is 5.54 Å². The number of rotatable bonds is 2. The standard InChI is InChI=1S/C9H16N2O2/c1-7(5-6-10)13-8(12)11-9(2,3)4/h7H,5H2,1-4H3,(H,11,12)/t7-/m1/s1. The molecule has 0 unspecified atom stereocenters. The van der Waals surface area contributed by atoms with Gasteiger partial charge in [0.25, 0.3) is 0 Å². The van der Waals surface area contributed by atoms with Gasteiger partial charge in [-0.05, 0) is 27.7 Å². The summed E-state index contributed by atoms with van der Waals surface area (Å²) in [6.07, 6.45) is -0.611. The van der Waals surface area contributed by atoms with Crippen molar-refractivity contribution in [3.05, 3.63) is 0 Å². The van der Waals surface area contributed by atoms with Crippen molar-refractivity contribution in [2.24, 2.45) is 0 Å². The molecule has 0 aliphatic heterocycles. The lowest BCUT2D eigenvalue weighted by atomic mass is 10.1. The molecule has 0 aromatic rings. The Kier molecular flexibility index (Phi) is 4.26. The molecule has 0 aromatic carbocycles. The molecule has 4 heteroatoms. The minimum absolute atomic E-state index is 0.220. The van der Waals surface area contributed by atoms with E-state index >= 15 is 0 Å². The molecule has 1 atom stereocenters. The van der Waals surface area contributed by atoms with Crippen molar-refractivity contribution in [2.45, 2.75) is 45.8 Å². The summed E-state index contributed by atoms with van der Waals surface area (Å²) in [5, 5.41) is 11.0. The van der Waals surface area contributed by atoms with Crippen LogP contribution in [0.3, 0.4) is 0 Å². The van der Waals surface area contributed by atoms with E-state index in [4.69, 9.17) is 10.00 Å². The van der Waals surface area contributed by atoms with Gasteiger partial charge >= 0.3 is 6.09 Å². The predicted octanol–water partition coefficient (Wildman–Crippen LogP) is 1.81. The molecule has 0 saturated heterocycles. The first-order valence-electron chi connectivity index (χ1n) is 4.21. The maximum absolute atomic E-state index is 11.1. The molecule has 1 amide bonds. The molecule has 0 saturated carbocycles. The van der Waals surface area contributed by atoms with E-state index in [0.29, 0.717) is 0 Å². The van der Waals surface area contributed by atoms with Gasteiger partial charge in [0.2, 0.25) is 0 Å². The summed E-state index contributed by atoms with van der Waals surface area (Å²) in [6.45, 7) is 7.28. The lowest BCUT2D eigenvalue weighted by Gasteiger charge is -2.21. The lowest BCUT2D eigenvalue weighted by Crippen LogP contribution is -2.41. The third-order valence-corrected chi connectivity index (χ3v) is 1.16. The number of carbonyl (C=O) groups excluding carboxylic acids is 1. The summed E-state index contributed by atoms with van der Waals surface area (Å²) in [6, 6.07) is 1.93. The van der Waals surface area contributed by atoms with E-state index < -0.39 is 6.09 Å². The predicted molar refractivity (Wildman–Crippen MR) is 49.1 cm³/mol. The summed E-state index contributed by atoms with van der Waals surface area (Å²) in [5.41, 5.74) is -0.302. The van der Waals surface area contributed by atoms with Crippen LogP contribution >= 0.6 is 0 Å². The zero-order valence-corrected chi connectivity index (χ0v) is 8.55. The highest BCUT2D eigenvalue weighted by molar-refractivity contribution is 5.68. The van der Waals surface area contributed by atoms with Crippen LogP contribution in [-0.2, 0) is 4.74 Å². The average Bonchev–Trinajstić information content (AvgIpc) is 1.81. The van der Waals surface area contributed by atoms with Crippen LogP contribution in [0.1, 0.15) is 34.1 Å².